The molecule has 3 N–H and O–H groups in total. The van der Waals surface area contributed by atoms with Crippen LogP contribution < -0.4 is 10.6 Å². The van der Waals surface area contributed by atoms with Crippen LogP contribution in [0.3, 0.4) is 0 Å². The number of nitrogens with one attached hydrogen (secondary N) is 3. The Morgan fingerprint density at radius 3 is 2.19 bits per heavy atom. The number of hydrogen-bond acceptors (Lipinski definition) is 4. The van der Waals surface area contributed by atoms with E-state index in [1.165, 1.54) is 0 Å². The molecule has 0 radical (unpaired) electrons. The molecular formula is C24H23N5O2. The van der Waals surface area contributed by atoms with Crippen molar-refractivity contribution in [2.45, 2.75) is 13.8 Å². The third kappa shape index (κ3) is 4.78. The van der Waals surface area contributed by atoms with Crippen LogP contribution in [0.5, 0.6) is 0 Å². The summed E-state index contributed by atoms with van der Waals surface area (Å²) in [6, 6.07) is 15.8. The Balaban J connectivity index is 1.51. The van der Waals surface area contributed by atoms with E-state index in [1.54, 1.807) is 48.7 Å². The Bertz CT molecular complexity index is 1150. The van der Waals surface area contributed by atoms with E-state index < -0.39 is 0 Å². The summed E-state index contributed by atoms with van der Waals surface area (Å²) in [4.78, 5) is 31.8. The highest BCUT2D eigenvalue weighted by Gasteiger charge is 2.22. The van der Waals surface area contributed by atoms with Crippen molar-refractivity contribution >= 4 is 29.2 Å². The van der Waals surface area contributed by atoms with E-state index in [2.05, 4.69) is 15.6 Å². The van der Waals surface area contributed by atoms with Crippen LogP contribution >= 0.6 is 0 Å². The number of pyridine rings is 1. The lowest BCUT2D eigenvalue weighted by Gasteiger charge is -2.13. The molecular weight excluding hydrogens is 390 g/mol. The molecule has 7 nitrogen and oxygen atoms in total. The minimum atomic E-state index is -0.349. The van der Waals surface area contributed by atoms with Crippen molar-refractivity contribution in [1.29, 1.82) is 5.41 Å². The molecule has 4 rings (SSSR count). The molecule has 0 aliphatic carbocycles. The SMILES string of the molecule is Cc1ccc(NC(=O)c2cc(C)ccc2NC(=O)c2ccc(C(=N)N3CC3)cc2)nc1. The Kier molecular flexibility index (Phi) is 5.49. The minimum absolute atomic E-state index is 0.323. The highest BCUT2D eigenvalue weighted by molar-refractivity contribution is 6.12. The zero-order valence-electron chi connectivity index (χ0n) is 17.4. The summed E-state index contributed by atoms with van der Waals surface area (Å²) in [5.74, 6) is 0.238. The molecule has 0 bridgehead atoms. The maximum atomic E-state index is 12.8. The van der Waals surface area contributed by atoms with Gasteiger partial charge in [-0.15, -0.1) is 0 Å². The minimum Gasteiger partial charge on any atom is -0.353 e. The zero-order chi connectivity index (χ0) is 22.0. The van der Waals surface area contributed by atoms with Crippen LogP contribution in [0.1, 0.15) is 37.4 Å². The van der Waals surface area contributed by atoms with Crippen molar-refractivity contribution in [2.75, 3.05) is 23.7 Å². The molecule has 2 heterocycles. The summed E-state index contributed by atoms with van der Waals surface area (Å²) in [6.45, 7) is 5.61. The normalized spacial score (nSPS) is 12.3. The van der Waals surface area contributed by atoms with Crippen LogP contribution in [-0.4, -0.2) is 40.6 Å². The maximum absolute atomic E-state index is 12.8. The Morgan fingerprint density at radius 1 is 0.871 bits per heavy atom. The van der Waals surface area contributed by atoms with Crippen LogP contribution in [0.15, 0.2) is 60.8 Å². The number of aromatic nitrogens is 1. The summed E-state index contributed by atoms with van der Waals surface area (Å²) in [6.07, 6.45) is 1.68. The van der Waals surface area contributed by atoms with E-state index in [0.29, 0.717) is 28.5 Å². The molecule has 156 valence electrons. The van der Waals surface area contributed by atoms with Gasteiger partial charge < -0.3 is 15.5 Å². The molecule has 1 aliphatic heterocycles. The Hall–Kier alpha value is -4.00. The molecule has 0 spiro atoms. The highest BCUT2D eigenvalue weighted by Crippen LogP contribution is 2.21. The number of carbonyl (C=O) groups is 2. The summed E-state index contributed by atoms with van der Waals surface area (Å²) in [5.41, 5.74) is 3.90. The highest BCUT2D eigenvalue weighted by atomic mass is 16.2. The fraction of sp³-hybridized carbons (Fsp3) is 0.167. The zero-order valence-corrected chi connectivity index (χ0v) is 17.4. The first-order valence-corrected chi connectivity index (χ1v) is 10.0. The lowest BCUT2D eigenvalue weighted by atomic mass is 10.1. The van der Waals surface area contributed by atoms with Crippen molar-refractivity contribution in [3.8, 4) is 0 Å². The fourth-order valence-electron chi connectivity index (χ4n) is 3.11. The molecule has 31 heavy (non-hydrogen) atoms. The first-order chi connectivity index (χ1) is 14.9. The number of amidine groups is 1. The molecule has 2 aromatic carbocycles. The molecule has 0 saturated carbocycles. The van der Waals surface area contributed by atoms with Gasteiger partial charge in [0.25, 0.3) is 11.8 Å². The number of benzene rings is 2. The first-order valence-electron chi connectivity index (χ1n) is 10.0. The van der Waals surface area contributed by atoms with Gasteiger partial charge >= 0.3 is 0 Å². The first kappa shape index (κ1) is 20.3. The number of carbonyl (C=O) groups excluding carboxylic acids is 2. The summed E-state index contributed by atoms with van der Waals surface area (Å²) < 4.78 is 0. The van der Waals surface area contributed by atoms with Crippen molar-refractivity contribution in [3.63, 3.8) is 0 Å². The average molecular weight is 413 g/mol. The van der Waals surface area contributed by atoms with Crippen LogP contribution in [0.4, 0.5) is 11.5 Å². The molecule has 1 fully saturated rings. The van der Waals surface area contributed by atoms with Crippen molar-refractivity contribution in [3.05, 3.63) is 88.6 Å². The van der Waals surface area contributed by atoms with Crippen LogP contribution in [0.25, 0.3) is 0 Å². The largest absolute Gasteiger partial charge is 0.353 e. The maximum Gasteiger partial charge on any atom is 0.258 e. The Labute approximate surface area is 180 Å². The molecule has 1 aliphatic rings. The number of rotatable bonds is 5. The van der Waals surface area contributed by atoms with Gasteiger partial charge in [0.05, 0.1) is 11.3 Å². The van der Waals surface area contributed by atoms with Gasteiger partial charge in [0, 0.05) is 30.4 Å². The molecule has 0 atom stereocenters. The van der Waals surface area contributed by atoms with Gasteiger partial charge in [-0.25, -0.2) is 4.98 Å². The predicted molar refractivity (Wildman–Crippen MR) is 121 cm³/mol. The van der Waals surface area contributed by atoms with Gasteiger partial charge in [0.15, 0.2) is 0 Å². The topological polar surface area (TPSA) is 98.0 Å². The number of amides is 2. The van der Waals surface area contributed by atoms with E-state index in [1.807, 2.05) is 30.9 Å². The standard InChI is InChI=1S/C24H23N5O2/c1-15-3-9-20(19(13-15)24(31)28-21-10-4-16(2)14-26-21)27-23(30)18-7-5-17(6-8-18)22(25)29-11-12-29/h3-10,13-14,25H,11-12H2,1-2H3,(H,27,30)(H,26,28,31). The van der Waals surface area contributed by atoms with Crippen LogP contribution in [-0.2, 0) is 0 Å². The smallest absolute Gasteiger partial charge is 0.258 e. The number of anilines is 2. The lowest BCUT2D eigenvalue weighted by molar-refractivity contribution is 0.102. The van der Waals surface area contributed by atoms with E-state index in [0.717, 1.165) is 29.8 Å². The summed E-state index contributed by atoms with van der Waals surface area (Å²) in [5, 5.41) is 13.7. The number of nitrogens with zero attached hydrogens (tertiary/aromatic N) is 2. The molecule has 2 amide bonds. The van der Waals surface area contributed by atoms with Gasteiger partial charge in [0.1, 0.15) is 11.7 Å². The van der Waals surface area contributed by atoms with Gasteiger partial charge in [-0.1, -0.05) is 29.8 Å². The second-order valence-corrected chi connectivity index (χ2v) is 7.59. The van der Waals surface area contributed by atoms with Crippen molar-refractivity contribution < 1.29 is 9.59 Å². The molecule has 1 aromatic heterocycles. The second kappa shape index (κ2) is 8.39. The van der Waals surface area contributed by atoms with Crippen LogP contribution in [0, 0.1) is 19.3 Å². The van der Waals surface area contributed by atoms with Crippen LogP contribution in [0.2, 0.25) is 0 Å². The van der Waals surface area contributed by atoms with Gasteiger partial charge in [0.2, 0.25) is 0 Å². The molecule has 0 unspecified atom stereocenters. The van der Waals surface area contributed by atoms with E-state index >= 15 is 0 Å². The molecule has 1 saturated heterocycles. The lowest BCUT2D eigenvalue weighted by Crippen LogP contribution is -2.19. The van der Waals surface area contributed by atoms with Gasteiger partial charge in [-0.3, -0.25) is 15.0 Å². The quantitative estimate of drug-likeness (QED) is 0.336. The predicted octanol–water partition coefficient (Wildman–Crippen LogP) is 3.84. The third-order valence-corrected chi connectivity index (χ3v) is 5.00. The van der Waals surface area contributed by atoms with E-state index in [-0.39, 0.29) is 11.8 Å². The van der Waals surface area contributed by atoms with E-state index in [9.17, 15) is 9.59 Å². The number of hydrogen-bond donors (Lipinski definition) is 3. The van der Waals surface area contributed by atoms with E-state index in [4.69, 9.17) is 5.41 Å². The fourth-order valence-corrected chi connectivity index (χ4v) is 3.11. The average Bonchev–Trinajstić information content (AvgIpc) is 3.61. The second-order valence-electron chi connectivity index (χ2n) is 7.59. The van der Waals surface area contributed by atoms with Crippen molar-refractivity contribution in [1.82, 2.24) is 9.88 Å². The van der Waals surface area contributed by atoms with Gasteiger partial charge in [-0.2, -0.15) is 0 Å². The summed E-state index contributed by atoms with van der Waals surface area (Å²) >= 11 is 0. The molecule has 7 heteroatoms. The number of aryl methyl sites for hydroxylation is 2. The van der Waals surface area contributed by atoms with Crippen molar-refractivity contribution in [2.24, 2.45) is 0 Å². The summed E-state index contributed by atoms with van der Waals surface area (Å²) in [7, 11) is 0. The monoisotopic (exact) mass is 413 g/mol. The van der Waals surface area contributed by atoms with Gasteiger partial charge in [-0.05, 0) is 49.7 Å². The molecule has 3 aromatic rings. The third-order valence-electron chi connectivity index (χ3n) is 5.00. The Morgan fingerprint density at radius 2 is 1.55 bits per heavy atom.